The molecule has 0 aromatic heterocycles. The highest BCUT2D eigenvalue weighted by Crippen LogP contribution is 2.28. The highest BCUT2D eigenvalue weighted by molar-refractivity contribution is 6.07. The second-order valence-electron chi connectivity index (χ2n) is 11.6. The number of amidine groups is 1. The molecular weight excluding hydrogens is 542 g/mol. The van der Waals surface area contributed by atoms with E-state index in [9.17, 15) is 14.4 Å². The zero-order chi connectivity index (χ0) is 30.8. The van der Waals surface area contributed by atoms with Crippen LogP contribution in [0.3, 0.4) is 0 Å². The zero-order valence-electron chi connectivity index (χ0n) is 25.1. The van der Waals surface area contributed by atoms with Crippen LogP contribution in [0.2, 0.25) is 0 Å². The average Bonchev–Trinajstić information content (AvgIpc) is 3.20. The quantitative estimate of drug-likeness (QED) is 0.244. The van der Waals surface area contributed by atoms with Crippen molar-refractivity contribution in [3.05, 3.63) is 108 Å². The third kappa shape index (κ3) is 8.91. The van der Waals surface area contributed by atoms with E-state index >= 15 is 0 Å². The van der Waals surface area contributed by atoms with Gasteiger partial charge >= 0.3 is 12.1 Å². The first-order valence-electron chi connectivity index (χ1n) is 14.7. The maximum Gasteiger partial charge on any atom is 0.407 e. The fourth-order valence-electron chi connectivity index (χ4n) is 5.09. The molecule has 9 nitrogen and oxygen atoms in total. The van der Waals surface area contributed by atoms with Crippen molar-refractivity contribution in [2.24, 2.45) is 0 Å². The van der Waals surface area contributed by atoms with E-state index in [0.717, 1.165) is 16.7 Å². The lowest BCUT2D eigenvalue weighted by atomic mass is 10.0. The third-order valence-corrected chi connectivity index (χ3v) is 7.12. The van der Waals surface area contributed by atoms with Gasteiger partial charge in [-0.05, 0) is 50.3 Å². The minimum absolute atomic E-state index is 0.158. The number of benzene rings is 3. The molecule has 0 radical (unpaired) electrons. The summed E-state index contributed by atoms with van der Waals surface area (Å²) >= 11 is 0. The Morgan fingerprint density at radius 2 is 1.42 bits per heavy atom. The van der Waals surface area contributed by atoms with E-state index < -0.39 is 23.8 Å². The van der Waals surface area contributed by atoms with Crippen molar-refractivity contribution >= 4 is 23.9 Å². The number of amides is 4. The summed E-state index contributed by atoms with van der Waals surface area (Å²) in [6, 6.07) is 27.0. The van der Waals surface area contributed by atoms with E-state index in [0.29, 0.717) is 25.8 Å². The molecule has 9 heteroatoms. The van der Waals surface area contributed by atoms with Crippen molar-refractivity contribution in [1.82, 2.24) is 20.4 Å². The van der Waals surface area contributed by atoms with E-state index in [1.807, 2.05) is 91.0 Å². The summed E-state index contributed by atoms with van der Waals surface area (Å²) in [4.78, 5) is 43.1. The molecule has 1 fully saturated rings. The average molecular weight is 584 g/mol. The summed E-state index contributed by atoms with van der Waals surface area (Å²) < 4.78 is 5.34. The topological polar surface area (TPSA) is 115 Å². The second kappa shape index (κ2) is 14.5. The molecule has 1 heterocycles. The predicted octanol–water partition coefficient (Wildman–Crippen LogP) is 5.50. The number of hydrogen-bond acceptors (Lipinski definition) is 5. The molecule has 3 N–H and O–H groups in total. The van der Waals surface area contributed by atoms with Crippen LogP contribution in [0.4, 0.5) is 9.59 Å². The summed E-state index contributed by atoms with van der Waals surface area (Å²) in [5.74, 6) is -0.146. The Bertz CT molecular complexity index is 1380. The first-order chi connectivity index (χ1) is 20.6. The molecule has 4 rings (SSSR count). The van der Waals surface area contributed by atoms with Gasteiger partial charge < -0.3 is 20.3 Å². The zero-order valence-corrected chi connectivity index (χ0v) is 25.1. The first-order valence-corrected chi connectivity index (χ1v) is 14.7. The molecule has 1 aliphatic rings. The van der Waals surface area contributed by atoms with Gasteiger partial charge in [-0.15, -0.1) is 0 Å². The van der Waals surface area contributed by atoms with Crippen molar-refractivity contribution in [2.75, 3.05) is 6.54 Å². The summed E-state index contributed by atoms with van der Waals surface area (Å²) in [5, 5.41) is 14.9. The van der Waals surface area contributed by atoms with Crippen LogP contribution in [-0.2, 0) is 29.0 Å². The van der Waals surface area contributed by atoms with Gasteiger partial charge in [0, 0.05) is 19.5 Å². The standard InChI is InChI=1S/C34H41N5O4/c1-34(2,3)43-32(41)36-21-13-20-28(31(40)37-23-26-16-9-5-10-17-26)39-29(22-25-14-7-4-8-15-25)30(35)38(33(39)42)24-27-18-11-6-12-19-27/h4-12,14-19,28-29,35H,13,20-24H2,1-3H3,(H,36,41)(H,37,40)/t28-,29-/m0/s1. The van der Waals surface area contributed by atoms with Crippen LogP contribution in [0.15, 0.2) is 91.0 Å². The Hall–Kier alpha value is -4.66. The van der Waals surface area contributed by atoms with E-state index in [1.165, 1.54) is 4.90 Å². The van der Waals surface area contributed by atoms with Gasteiger partial charge in [-0.3, -0.25) is 15.1 Å². The number of nitrogens with zero attached hydrogens (tertiary/aromatic N) is 2. The highest BCUT2D eigenvalue weighted by atomic mass is 16.6. The van der Waals surface area contributed by atoms with E-state index in [-0.39, 0.29) is 30.9 Å². The van der Waals surface area contributed by atoms with E-state index in [4.69, 9.17) is 10.1 Å². The smallest absolute Gasteiger partial charge is 0.407 e. The Kier molecular flexibility index (Phi) is 10.5. The molecule has 2 atom stereocenters. The summed E-state index contributed by atoms with van der Waals surface area (Å²) in [6.07, 6.45) is 0.582. The molecule has 3 aromatic rings. The molecule has 0 unspecified atom stereocenters. The van der Waals surface area contributed by atoms with Gasteiger partial charge in [0.25, 0.3) is 0 Å². The van der Waals surface area contributed by atoms with Gasteiger partial charge in [-0.2, -0.15) is 0 Å². The Morgan fingerprint density at radius 1 is 0.860 bits per heavy atom. The molecule has 0 spiro atoms. The largest absolute Gasteiger partial charge is 0.444 e. The predicted molar refractivity (Wildman–Crippen MR) is 166 cm³/mol. The fourth-order valence-corrected chi connectivity index (χ4v) is 5.09. The molecule has 1 aliphatic heterocycles. The first kappa shape index (κ1) is 31.3. The van der Waals surface area contributed by atoms with Gasteiger partial charge in [-0.1, -0.05) is 91.0 Å². The van der Waals surface area contributed by atoms with Crippen LogP contribution in [0.25, 0.3) is 0 Å². The number of ether oxygens (including phenoxy) is 1. The van der Waals surface area contributed by atoms with Crippen molar-refractivity contribution in [1.29, 1.82) is 5.41 Å². The number of nitrogens with one attached hydrogen (secondary N) is 3. The summed E-state index contributed by atoms with van der Waals surface area (Å²) in [7, 11) is 0. The second-order valence-corrected chi connectivity index (χ2v) is 11.6. The fraction of sp³-hybridized carbons (Fsp3) is 0.353. The lowest BCUT2D eigenvalue weighted by Crippen LogP contribution is -2.52. The van der Waals surface area contributed by atoms with Gasteiger partial charge in [0.1, 0.15) is 17.5 Å². The van der Waals surface area contributed by atoms with Gasteiger partial charge in [0.15, 0.2) is 0 Å². The molecule has 3 aromatic carbocycles. The highest BCUT2D eigenvalue weighted by Gasteiger charge is 2.47. The number of alkyl carbamates (subject to hydrolysis) is 1. The van der Waals surface area contributed by atoms with Crippen molar-refractivity contribution < 1.29 is 19.1 Å². The minimum Gasteiger partial charge on any atom is -0.444 e. The Labute approximate surface area is 253 Å². The molecule has 4 amide bonds. The Balaban J connectivity index is 1.58. The van der Waals surface area contributed by atoms with Crippen molar-refractivity contribution in [2.45, 2.75) is 70.8 Å². The normalized spacial score (nSPS) is 15.7. The maximum absolute atomic E-state index is 14.1. The molecule has 0 aliphatic carbocycles. The number of rotatable bonds is 12. The maximum atomic E-state index is 14.1. The Morgan fingerprint density at radius 3 is 2.00 bits per heavy atom. The third-order valence-electron chi connectivity index (χ3n) is 7.12. The van der Waals surface area contributed by atoms with Crippen LogP contribution in [0.1, 0.15) is 50.3 Å². The molecule has 0 saturated carbocycles. The van der Waals surface area contributed by atoms with Crippen LogP contribution < -0.4 is 10.6 Å². The van der Waals surface area contributed by atoms with Crippen LogP contribution in [0, 0.1) is 5.41 Å². The molecule has 0 bridgehead atoms. The van der Waals surface area contributed by atoms with E-state index in [2.05, 4.69) is 10.6 Å². The minimum atomic E-state index is -0.855. The van der Waals surface area contributed by atoms with Crippen molar-refractivity contribution in [3.8, 4) is 0 Å². The number of carbonyl (C=O) groups excluding carboxylic acids is 3. The number of urea groups is 1. The molecule has 226 valence electrons. The summed E-state index contributed by atoms with van der Waals surface area (Å²) in [5.41, 5.74) is 2.17. The summed E-state index contributed by atoms with van der Waals surface area (Å²) in [6.45, 7) is 6.20. The SMILES string of the molecule is CC(C)(C)OC(=O)NCCC[C@@H](C(=O)NCc1ccccc1)N1C(=O)N(Cc2ccccc2)C(=N)[C@@H]1Cc1ccccc1. The molecule has 1 saturated heterocycles. The van der Waals surface area contributed by atoms with E-state index in [1.54, 1.807) is 25.7 Å². The number of carbonyl (C=O) groups is 3. The van der Waals surface area contributed by atoms with Crippen molar-refractivity contribution in [3.63, 3.8) is 0 Å². The van der Waals surface area contributed by atoms with Crippen LogP contribution in [-0.4, -0.2) is 57.9 Å². The lowest BCUT2D eigenvalue weighted by Gasteiger charge is -2.31. The lowest BCUT2D eigenvalue weighted by molar-refractivity contribution is -0.126. The van der Waals surface area contributed by atoms with Crippen LogP contribution >= 0.6 is 0 Å². The molecule has 43 heavy (non-hydrogen) atoms. The van der Waals surface area contributed by atoms with Gasteiger partial charge in [-0.25, -0.2) is 9.59 Å². The van der Waals surface area contributed by atoms with Gasteiger partial charge in [0.05, 0.1) is 12.6 Å². The number of hydrogen-bond donors (Lipinski definition) is 3. The van der Waals surface area contributed by atoms with Crippen LogP contribution in [0.5, 0.6) is 0 Å². The monoisotopic (exact) mass is 583 g/mol. The molecular formula is C34H41N5O4. The van der Waals surface area contributed by atoms with Gasteiger partial charge in [0.2, 0.25) is 5.91 Å².